The first-order valence-electron chi connectivity index (χ1n) is 5.71. The molecule has 0 aliphatic carbocycles. The van der Waals surface area contributed by atoms with Crippen molar-refractivity contribution < 1.29 is 14.1 Å². The number of carbonyl (C=O) groups excluding carboxylic acids is 1. The normalized spacial score (nSPS) is 21.6. The van der Waals surface area contributed by atoms with Gasteiger partial charge in [-0.1, -0.05) is 24.8 Å². The maximum atomic E-state index is 11.1. The highest BCUT2D eigenvalue weighted by Crippen LogP contribution is 2.58. The number of para-hydroxylation sites is 1. The maximum Gasteiger partial charge on any atom is 0.330 e. The summed E-state index contributed by atoms with van der Waals surface area (Å²) in [5, 5.41) is 0. The number of hydrogen-bond donors (Lipinski definition) is 0. The molecule has 1 heterocycles. The van der Waals surface area contributed by atoms with Crippen molar-refractivity contribution in [3.8, 4) is 5.75 Å². The van der Waals surface area contributed by atoms with Crippen LogP contribution in [0.15, 0.2) is 56.5 Å². The van der Waals surface area contributed by atoms with Crippen LogP contribution < -0.4 is 4.52 Å². The summed E-state index contributed by atoms with van der Waals surface area (Å²) in [7, 11) is -1.15. The van der Waals surface area contributed by atoms with Crippen molar-refractivity contribution in [3.05, 3.63) is 43.0 Å². The Morgan fingerprint density at radius 3 is 2.80 bits per heavy atom. The number of rotatable bonds is 6. The minimum absolute atomic E-state index is 0.198. The quantitative estimate of drug-likeness (QED) is 0.422. The lowest BCUT2D eigenvalue weighted by atomic mass is 10.3. The van der Waals surface area contributed by atoms with E-state index in [0.717, 1.165) is 6.08 Å². The van der Waals surface area contributed by atoms with E-state index in [2.05, 4.69) is 20.1 Å². The number of carbonyl (C=O) groups is 1. The van der Waals surface area contributed by atoms with Gasteiger partial charge in [-0.3, -0.25) is 0 Å². The van der Waals surface area contributed by atoms with Gasteiger partial charge in [-0.25, -0.2) is 4.79 Å². The second-order valence-corrected chi connectivity index (χ2v) is 8.08. The molecule has 1 aromatic carbocycles. The molecule has 0 saturated carbocycles. The zero-order valence-corrected chi connectivity index (χ0v) is 13.2. The van der Waals surface area contributed by atoms with Crippen LogP contribution in [0.2, 0.25) is 0 Å². The first-order chi connectivity index (χ1) is 9.74. The van der Waals surface area contributed by atoms with Gasteiger partial charge in [0.1, 0.15) is 12.4 Å². The van der Waals surface area contributed by atoms with Gasteiger partial charge < -0.3 is 9.26 Å². The van der Waals surface area contributed by atoms with Crippen LogP contribution in [0.5, 0.6) is 5.75 Å². The van der Waals surface area contributed by atoms with Crippen LogP contribution in [-0.2, 0) is 9.53 Å². The number of nitrogens with zero attached hydrogens (tertiary/aromatic N) is 3. The number of hydrogen-bond acceptors (Lipinski definition) is 6. The first kappa shape index (κ1) is 15.1. The van der Waals surface area contributed by atoms with Crippen LogP contribution in [0.3, 0.4) is 0 Å². The van der Waals surface area contributed by atoms with Crippen molar-refractivity contribution in [2.45, 2.75) is 0 Å². The number of benzene rings is 1. The Bertz CT molecular complexity index is 601. The summed E-state index contributed by atoms with van der Waals surface area (Å²) in [6, 6.07) is 9.37. The van der Waals surface area contributed by atoms with Gasteiger partial charge in [0.25, 0.3) is 7.43 Å². The van der Waals surface area contributed by atoms with E-state index in [4.69, 9.17) is 9.26 Å². The Labute approximate surface area is 120 Å². The molecule has 0 N–H and O–H groups in total. The average Bonchev–Trinajstić information content (AvgIpc) is 2.49. The summed E-state index contributed by atoms with van der Waals surface area (Å²) < 4.78 is 23.7. The molecule has 1 atom stereocenters. The molecule has 9 heteroatoms. The van der Waals surface area contributed by atoms with Crippen molar-refractivity contribution >= 4 is 30.4 Å². The highest BCUT2D eigenvalue weighted by atomic mass is 31.2. The van der Waals surface area contributed by atoms with Crippen LogP contribution in [0.4, 0.5) is 0 Å². The average molecular weight is 327 g/mol. The predicted octanol–water partition coefficient (Wildman–Crippen LogP) is 4.93. The lowest BCUT2D eigenvalue weighted by molar-refractivity contribution is -0.137. The van der Waals surface area contributed by atoms with Gasteiger partial charge in [0.05, 0.1) is 6.16 Å². The van der Waals surface area contributed by atoms with Crippen LogP contribution in [-0.4, -0.2) is 18.7 Å². The fourth-order valence-electron chi connectivity index (χ4n) is 1.34. The Balaban J connectivity index is 2.09. The third-order valence-electron chi connectivity index (χ3n) is 2.23. The molecule has 1 aliphatic heterocycles. The third kappa shape index (κ3) is 4.35. The van der Waals surface area contributed by atoms with E-state index in [0.29, 0.717) is 29.0 Å². The van der Waals surface area contributed by atoms with Crippen LogP contribution in [0, 0.1) is 0 Å². The summed E-state index contributed by atoms with van der Waals surface area (Å²) in [6.45, 7) is 3.55. The van der Waals surface area contributed by atoms with Crippen molar-refractivity contribution in [3.63, 3.8) is 0 Å². The van der Waals surface area contributed by atoms with E-state index in [1.54, 1.807) is 0 Å². The molecule has 0 amide bonds. The first-order valence-corrected chi connectivity index (χ1v) is 9.11. The molecule has 0 saturated heterocycles. The molecule has 20 heavy (non-hydrogen) atoms. The van der Waals surface area contributed by atoms with Crippen LogP contribution >= 0.6 is 24.5 Å². The second kappa shape index (κ2) is 7.44. The topological polar surface area (TPSA) is 72.6 Å². The molecule has 1 unspecified atom stereocenters. The van der Waals surface area contributed by atoms with Gasteiger partial charge in [-0.2, -0.15) is 13.5 Å². The minimum Gasteiger partial charge on any atom is -0.462 e. The van der Waals surface area contributed by atoms with Gasteiger partial charge in [0.2, 0.25) is 0 Å². The lowest BCUT2D eigenvalue weighted by Crippen LogP contribution is -2.07. The fraction of sp³-hybridized carbons (Fsp3) is 0.182. The second-order valence-electron chi connectivity index (χ2n) is 3.61. The molecule has 6 nitrogen and oxygen atoms in total. The zero-order valence-electron chi connectivity index (χ0n) is 10.5. The van der Waals surface area contributed by atoms with Crippen molar-refractivity contribution in [1.29, 1.82) is 0 Å². The largest absolute Gasteiger partial charge is 0.462 e. The van der Waals surface area contributed by atoms with E-state index in [-0.39, 0.29) is 6.61 Å². The van der Waals surface area contributed by atoms with E-state index < -0.39 is 13.4 Å². The molecule has 1 aromatic rings. The van der Waals surface area contributed by atoms with Gasteiger partial charge in [-0.15, -0.1) is 0 Å². The third-order valence-corrected chi connectivity index (χ3v) is 7.01. The Kier molecular flexibility index (Phi) is 5.60. The summed E-state index contributed by atoms with van der Waals surface area (Å²) in [5.74, 6) is 0.246. The molecule has 0 aromatic heterocycles. The molecule has 0 fully saturated rings. The molecule has 0 spiro atoms. The Hall–Kier alpha value is -1.34. The van der Waals surface area contributed by atoms with Gasteiger partial charge in [-0.05, 0) is 12.1 Å². The molecule has 2 rings (SSSR count). The van der Waals surface area contributed by atoms with Gasteiger partial charge >= 0.3 is 5.97 Å². The monoisotopic (exact) mass is 327 g/mol. The van der Waals surface area contributed by atoms with E-state index in [1.165, 1.54) is 0 Å². The molecular formula is C11H12N3O3P3. The van der Waals surface area contributed by atoms with E-state index in [9.17, 15) is 4.79 Å². The number of ether oxygens (including phenoxy) is 1. The summed E-state index contributed by atoms with van der Waals surface area (Å²) in [5.41, 5.74) is 0. The van der Waals surface area contributed by atoms with Gasteiger partial charge in [0, 0.05) is 6.08 Å². The maximum absolute atomic E-state index is 11.1. The number of esters is 1. The molecule has 0 radical (unpaired) electrons. The Morgan fingerprint density at radius 1 is 1.35 bits per heavy atom. The lowest BCUT2D eigenvalue weighted by Gasteiger charge is -2.20. The SMILES string of the molecule is C=CC(=O)OCCP1(Oc2ccccc2)=NP=NP=N1. The predicted molar refractivity (Wildman–Crippen MR) is 81.1 cm³/mol. The molecule has 1 aliphatic rings. The van der Waals surface area contributed by atoms with Crippen LogP contribution in [0.25, 0.3) is 0 Å². The van der Waals surface area contributed by atoms with Crippen molar-refractivity contribution in [1.82, 2.24) is 0 Å². The summed E-state index contributed by atoms with van der Waals surface area (Å²) in [6.07, 6.45) is 1.57. The Morgan fingerprint density at radius 2 is 2.15 bits per heavy atom. The zero-order chi connectivity index (χ0) is 14.3. The molecular weight excluding hydrogens is 315 g/mol. The van der Waals surface area contributed by atoms with E-state index in [1.807, 2.05) is 30.3 Å². The molecule has 0 bridgehead atoms. The highest BCUT2D eigenvalue weighted by Gasteiger charge is 2.23. The standard InChI is InChI=1S/C11H12N3O3P3/c1-2-11(15)16-8-9-20(13-18-12-19-14-20)17-10-6-4-3-5-7-10/h2-7H,1,8-9H2. The summed E-state index contributed by atoms with van der Waals surface area (Å²) >= 11 is 0. The fourth-order valence-corrected chi connectivity index (χ4v) is 5.77. The van der Waals surface area contributed by atoms with Crippen LogP contribution in [0.1, 0.15) is 0 Å². The highest BCUT2D eigenvalue weighted by molar-refractivity contribution is 7.69. The van der Waals surface area contributed by atoms with Gasteiger partial charge in [0.15, 0.2) is 17.0 Å². The minimum atomic E-state index is -2.36. The van der Waals surface area contributed by atoms with E-state index >= 15 is 0 Å². The van der Waals surface area contributed by atoms with Crippen molar-refractivity contribution in [2.75, 3.05) is 12.8 Å². The smallest absolute Gasteiger partial charge is 0.330 e. The van der Waals surface area contributed by atoms with Crippen molar-refractivity contribution in [2.24, 2.45) is 13.5 Å². The summed E-state index contributed by atoms with van der Waals surface area (Å²) in [4.78, 5) is 11.1. The molecule has 104 valence electrons.